The van der Waals surface area contributed by atoms with Crippen LogP contribution in [0.2, 0.25) is 0 Å². The van der Waals surface area contributed by atoms with Gasteiger partial charge in [0.25, 0.3) is 0 Å². The minimum absolute atomic E-state index is 0.682. The zero-order chi connectivity index (χ0) is 13.1. The van der Waals surface area contributed by atoms with E-state index >= 15 is 0 Å². The molecule has 2 saturated carbocycles. The number of hydrogen-bond donors (Lipinski definition) is 1. The number of halogens is 1. The Hall–Kier alpha value is -0.380. The number of benzene rings is 1. The third kappa shape index (κ3) is 3.80. The summed E-state index contributed by atoms with van der Waals surface area (Å²) < 4.78 is 6.89. The second-order valence-electron chi connectivity index (χ2n) is 5.86. The van der Waals surface area contributed by atoms with Gasteiger partial charge in [-0.05, 0) is 49.1 Å². The van der Waals surface area contributed by atoms with Crippen molar-refractivity contribution < 1.29 is 4.74 Å². The second-order valence-corrected chi connectivity index (χ2v) is 6.71. The zero-order valence-corrected chi connectivity index (χ0v) is 12.9. The van der Waals surface area contributed by atoms with Crippen molar-refractivity contribution in [1.29, 1.82) is 0 Å². The fraction of sp³-hybridized carbons (Fsp3) is 0.625. The van der Waals surface area contributed by atoms with Gasteiger partial charge in [-0.25, -0.2) is 0 Å². The van der Waals surface area contributed by atoms with Gasteiger partial charge in [-0.2, -0.15) is 0 Å². The molecule has 0 atom stereocenters. The van der Waals surface area contributed by atoms with Gasteiger partial charge in [0.15, 0.2) is 0 Å². The first-order valence-electron chi connectivity index (χ1n) is 7.38. The topological polar surface area (TPSA) is 21.3 Å². The predicted octanol–water partition coefficient (Wildman–Crippen LogP) is 3.71. The largest absolute Gasteiger partial charge is 0.380 e. The van der Waals surface area contributed by atoms with E-state index in [1.807, 2.05) is 0 Å². The number of rotatable bonds is 7. The molecule has 2 nitrogen and oxygen atoms in total. The fourth-order valence-electron chi connectivity index (χ4n) is 2.71. The van der Waals surface area contributed by atoms with Crippen molar-refractivity contribution in [1.82, 2.24) is 5.32 Å². The summed E-state index contributed by atoms with van der Waals surface area (Å²) in [6.45, 7) is 2.85. The van der Waals surface area contributed by atoms with Crippen LogP contribution in [0.5, 0.6) is 0 Å². The highest BCUT2D eigenvalue weighted by atomic mass is 79.9. The molecule has 0 heterocycles. The van der Waals surface area contributed by atoms with Gasteiger partial charge in [-0.1, -0.05) is 34.1 Å². The van der Waals surface area contributed by atoms with Crippen molar-refractivity contribution >= 4 is 15.9 Å². The van der Waals surface area contributed by atoms with Crippen molar-refractivity contribution in [2.24, 2.45) is 5.92 Å². The van der Waals surface area contributed by atoms with E-state index in [9.17, 15) is 0 Å². The Morgan fingerprint density at radius 2 is 2.00 bits per heavy atom. The second kappa shape index (κ2) is 6.38. The van der Waals surface area contributed by atoms with Crippen molar-refractivity contribution in [3.05, 3.63) is 34.3 Å². The Bertz CT molecular complexity index is 413. The maximum atomic E-state index is 5.64. The minimum Gasteiger partial charge on any atom is -0.380 e. The maximum absolute atomic E-state index is 5.64. The lowest BCUT2D eigenvalue weighted by Crippen LogP contribution is -2.41. The molecule has 2 aliphatic rings. The highest BCUT2D eigenvalue weighted by molar-refractivity contribution is 9.10. The van der Waals surface area contributed by atoms with E-state index in [4.69, 9.17) is 4.74 Å². The van der Waals surface area contributed by atoms with Crippen LogP contribution in [0.1, 0.15) is 37.2 Å². The Morgan fingerprint density at radius 1 is 1.21 bits per heavy atom. The van der Waals surface area contributed by atoms with E-state index in [1.54, 1.807) is 0 Å². The molecule has 0 aliphatic heterocycles. The van der Waals surface area contributed by atoms with Crippen LogP contribution in [0, 0.1) is 5.92 Å². The van der Waals surface area contributed by atoms with Crippen molar-refractivity contribution in [3.8, 4) is 0 Å². The molecule has 2 aliphatic carbocycles. The third-order valence-electron chi connectivity index (χ3n) is 4.21. The van der Waals surface area contributed by atoms with Crippen LogP contribution in [0.4, 0.5) is 0 Å². The molecule has 19 heavy (non-hydrogen) atoms. The molecule has 0 amide bonds. The smallest absolute Gasteiger partial charge is 0.0591 e. The molecule has 1 aromatic rings. The van der Waals surface area contributed by atoms with Crippen molar-refractivity contribution in [3.63, 3.8) is 0 Å². The van der Waals surface area contributed by atoms with Crippen molar-refractivity contribution in [2.75, 3.05) is 19.8 Å². The van der Waals surface area contributed by atoms with Crippen molar-refractivity contribution in [2.45, 2.75) is 37.6 Å². The fourth-order valence-corrected chi connectivity index (χ4v) is 3.32. The lowest BCUT2D eigenvalue weighted by atomic mass is 9.76. The molecule has 0 aromatic heterocycles. The molecule has 1 N–H and O–H groups in total. The highest BCUT2D eigenvalue weighted by Crippen LogP contribution is 2.39. The Balaban J connectivity index is 1.30. The molecule has 0 unspecified atom stereocenters. The Kier molecular flexibility index (Phi) is 4.57. The molecule has 0 spiro atoms. The third-order valence-corrected chi connectivity index (χ3v) is 4.94. The quantitative estimate of drug-likeness (QED) is 0.772. The highest BCUT2D eigenvalue weighted by Gasteiger charge is 2.30. The molecular weight excluding hydrogens is 302 g/mol. The van der Waals surface area contributed by atoms with Gasteiger partial charge >= 0.3 is 0 Å². The van der Waals surface area contributed by atoms with E-state index in [0.29, 0.717) is 6.04 Å². The van der Waals surface area contributed by atoms with Gasteiger partial charge < -0.3 is 10.1 Å². The summed E-state index contributed by atoms with van der Waals surface area (Å²) in [5.74, 6) is 1.60. The monoisotopic (exact) mass is 323 g/mol. The molecule has 0 radical (unpaired) electrons. The van der Waals surface area contributed by atoms with Crippen LogP contribution < -0.4 is 5.32 Å². The predicted molar refractivity (Wildman–Crippen MR) is 81.5 cm³/mol. The van der Waals surface area contributed by atoms with E-state index in [0.717, 1.165) is 31.6 Å². The molecule has 3 rings (SSSR count). The van der Waals surface area contributed by atoms with Crippen LogP contribution in [0.3, 0.4) is 0 Å². The molecule has 2 fully saturated rings. The number of hydrogen-bond acceptors (Lipinski definition) is 2. The normalized spacial score (nSPS) is 26.2. The summed E-state index contributed by atoms with van der Waals surface area (Å²) in [7, 11) is 0. The van der Waals surface area contributed by atoms with E-state index in [-0.39, 0.29) is 0 Å². The summed E-state index contributed by atoms with van der Waals surface area (Å²) in [5, 5.41) is 3.59. The van der Waals surface area contributed by atoms with Crippen LogP contribution in [-0.2, 0) is 4.74 Å². The SMILES string of the molecule is Brc1ccccc1C1CC(NCCOCC2CC2)C1. The zero-order valence-electron chi connectivity index (χ0n) is 11.3. The van der Waals surface area contributed by atoms with E-state index in [1.165, 1.54) is 35.7 Å². The van der Waals surface area contributed by atoms with Crippen LogP contribution >= 0.6 is 15.9 Å². The lowest BCUT2D eigenvalue weighted by Gasteiger charge is -2.37. The van der Waals surface area contributed by atoms with Gasteiger partial charge in [0, 0.05) is 23.7 Å². The first-order valence-corrected chi connectivity index (χ1v) is 8.18. The first kappa shape index (κ1) is 13.6. The molecule has 3 heteroatoms. The van der Waals surface area contributed by atoms with Crippen LogP contribution in [-0.4, -0.2) is 25.8 Å². The average molecular weight is 324 g/mol. The summed E-state index contributed by atoms with van der Waals surface area (Å²) in [4.78, 5) is 0. The van der Waals surface area contributed by atoms with Gasteiger partial charge in [-0.3, -0.25) is 0 Å². The van der Waals surface area contributed by atoms with Gasteiger partial charge in [0.1, 0.15) is 0 Å². The van der Waals surface area contributed by atoms with Crippen LogP contribution in [0.25, 0.3) is 0 Å². The van der Waals surface area contributed by atoms with Gasteiger partial charge in [0.05, 0.1) is 6.61 Å². The summed E-state index contributed by atoms with van der Waals surface area (Å²) in [6, 6.07) is 9.28. The summed E-state index contributed by atoms with van der Waals surface area (Å²) in [6.07, 6.45) is 5.27. The maximum Gasteiger partial charge on any atom is 0.0591 e. The molecule has 0 bridgehead atoms. The number of ether oxygens (including phenoxy) is 1. The molecular formula is C16H22BrNO. The Labute approximate surface area is 124 Å². The van der Waals surface area contributed by atoms with Gasteiger partial charge in [0.2, 0.25) is 0 Å². The summed E-state index contributed by atoms with van der Waals surface area (Å²) in [5.41, 5.74) is 1.46. The minimum atomic E-state index is 0.682. The first-order chi connectivity index (χ1) is 9.33. The standard InChI is InChI=1S/C16H22BrNO/c17-16-4-2-1-3-15(16)13-9-14(10-13)18-7-8-19-11-12-5-6-12/h1-4,12-14,18H,5-11H2. The van der Waals surface area contributed by atoms with Crippen LogP contribution in [0.15, 0.2) is 28.7 Å². The van der Waals surface area contributed by atoms with E-state index in [2.05, 4.69) is 45.5 Å². The molecule has 0 saturated heterocycles. The lowest BCUT2D eigenvalue weighted by molar-refractivity contribution is 0.120. The average Bonchev–Trinajstić information content (AvgIpc) is 3.17. The Morgan fingerprint density at radius 3 is 2.74 bits per heavy atom. The number of nitrogens with one attached hydrogen (secondary N) is 1. The molecule has 104 valence electrons. The summed E-state index contributed by atoms with van der Waals surface area (Å²) >= 11 is 3.64. The van der Waals surface area contributed by atoms with Gasteiger partial charge in [-0.15, -0.1) is 0 Å². The van der Waals surface area contributed by atoms with E-state index < -0.39 is 0 Å². The molecule has 1 aromatic carbocycles.